The molecule has 1 saturated heterocycles. The topological polar surface area (TPSA) is 120 Å². The van der Waals surface area contributed by atoms with Crippen molar-refractivity contribution < 1.29 is 29.6 Å². The van der Waals surface area contributed by atoms with Crippen LogP contribution in [0.5, 0.6) is 0 Å². The van der Waals surface area contributed by atoms with Crippen molar-refractivity contribution in [1.29, 1.82) is 0 Å². The molecule has 36 heavy (non-hydrogen) atoms. The predicted molar refractivity (Wildman–Crippen MR) is 142 cm³/mol. The highest BCUT2D eigenvalue weighted by atomic mass is 32.1. The number of rotatable bonds is 16. The van der Waals surface area contributed by atoms with Crippen molar-refractivity contribution in [2.45, 2.75) is 124 Å². The normalized spacial score (nSPS) is 23.7. The van der Waals surface area contributed by atoms with E-state index in [0.29, 0.717) is 0 Å². The van der Waals surface area contributed by atoms with E-state index in [1.807, 2.05) is 13.8 Å². The van der Waals surface area contributed by atoms with Gasteiger partial charge in [0.05, 0.1) is 46.5 Å². The Balaban J connectivity index is 1.76. The van der Waals surface area contributed by atoms with Gasteiger partial charge >= 0.3 is 5.97 Å². The van der Waals surface area contributed by atoms with Crippen LogP contribution in [-0.2, 0) is 20.7 Å². The molecule has 2 heterocycles. The summed E-state index contributed by atoms with van der Waals surface area (Å²) < 4.78 is 6.08. The number of carboxylic acid groups (broad SMARTS) is 1. The second-order valence-corrected chi connectivity index (χ2v) is 13.6. The second kappa shape index (κ2) is 12.0. The molecular weight excluding hydrogens is 478 g/mol. The van der Waals surface area contributed by atoms with Gasteiger partial charge < -0.3 is 20.1 Å². The number of nitrogens with zero attached hydrogens (tertiary/aromatic N) is 1. The molecule has 0 radical (unpaired) electrons. The van der Waals surface area contributed by atoms with Crippen LogP contribution >= 0.6 is 11.3 Å². The number of aliphatic carboxylic acids is 1. The number of epoxide rings is 1. The van der Waals surface area contributed by atoms with E-state index >= 15 is 0 Å². The van der Waals surface area contributed by atoms with Gasteiger partial charge in [-0.15, -0.1) is 11.3 Å². The van der Waals surface area contributed by atoms with Gasteiger partial charge in [-0.3, -0.25) is 9.59 Å². The van der Waals surface area contributed by atoms with Crippen LogP contribution in [0.25, 0.3) is 0 Å². The Morgan fingerprint density at radius 3 is 2.42 bits per heavy atom. The minimum Gasteiger partial charge on any atom is -0.481 e. The Labute approximate surface area is 220 Å². The highest BCUT2D eigenvalue weighted by Crippen LogP contribution is 2.45. The van der Waals surface area contributed by atoms with E-state index in [1.165, 1.54) is 5.69 Å². The fraction of sp³-hybridized carbons (Fsp3) is 0.821. The van der Waals surface area contributed by atoms with Gasteiger partial charge in [0, 0.05) is 11.3 Å². The molecule has 1 aliphatic rings. The summed E-state index contributed by atoms with van der Waals surface area (Å²) >= 11 is 1.70. The molecule has 0 amide bonds. The van der Waals surface area contributed by atoms with Crippen LogP contribution in [0.2, 0.25) is 0 Å². The third-order valence-electron chi connectivity index (χ3n) is 8.12. The molecule has 0 bridgehead atoms. The molecule has 3 N–H and O–H groups in total. The molecule has 1 aliphatic heterocycles. The molecule has 6 unspecified atom stereocenters. The van der Waals surface area contributed by atoms with Crippen molar-refractivity contribution in [1.82, 2.24) is 4.98 Å². The lowest BCUT2D eigenvalue weighted by atomic mass is 9.73. The Morgan fingerprint density at radius 2 is 1.86 bits per heavy atom. The number of Topliss-reactive ketones (excluding diaryl/α,β-unsaturated/α-hetero) is 1. The molecule has 2 rings (SSSR count). The number of carbonyl (C=O) groups is 2. The van der Waals surface area contributed by atoms with Gasteiger partial charge in [-0.1, -0.05) is 48.0 Å². The maximum atomic E-state index is 13.0. The van der Waals surface area contributed by atoms with Crippen molar-refractivity contribution in [3.8, 4) is 0 Å². The van der Waals surface area contributed by atoms with Gasteiger partial charge in [0.2, 0.25) is 0 Å². The first-order chi connectivity index (χ1) is 16.5. The van der Waals surface area contributed by atoms with E-state index in [4.69, 9.17) is 9.84 Å². The van der Waals surface area contributed by atoms with E-state index in [0.717, 1.165) is 43.5 Å². The number of ether oxygens (including phenoxy) is 1. The number of carboxylic acids is 1. The molecule has 1 fully saturated rings. The molecule has 206 valence electrons. The summed E-state index contributed by atoms with van der Waals surface area (Å²) in [6, 6.07) is 0. The van der Waals surface area contributed by atoms with Crippen LogP contribution in [-0.4, -0.2) is 56.0 Å². The zero-order chi connectivity index (χ0) is 27.5. The summed E-state index contributed by atoms with van der Waals surface area (Å²) in [5.41, 5.74) is -0.0299. The number of aliphatic hydroxyl groups excluding tert-OH is 2. The molecule has 8 heteroatoms. The zero-order valence-electron chi connectivity index (χ0n) is 23.3. The Kier molecular flexibility index (Phi) is 10.3. The molecule has 0 saturated carbocycles. The van der Waals surface area contributed by atoms with Crippen LogP contribution in [0.4, 0.5) is 0 Å². The lowest BCUT2D eigenvalue weighted by molar-refractivity contribution is -0.147. The maximum absolute atomic E-state index is 13.0. The first kappa shape index (κ1) is 30.9. The van der Waals surface area contributed by atoms with Gasteiger partial charge in [-0.05, 0) is 57.3 Å². The van der Waals surface area contributed by atoms with Gasteiger partial charge in [-0.25, -0.2) is 4.98 Å². The van der Waals surface area contributed by atoms with E-state index in [1.54, 1.807) is 32.1 Å². The third kappa shape index (κ3) is 8.33. The van der Waals surface area contributed by atoms with Crippen molar-refractivity contribution in [3.63, 3.8) is 0 Å². The highest BCUT2D eigenvalue weighted by molar-refractivity contribution is 7.09. The number of hydrogen-bond donors (Lipinski definition) is 3. The minimum absolute atomic E-state index is 0.0994. The van der Waals surface area contributed by atoms with Crippen molar-refractivity contribution in [2.24, 2.45) is 22.7 Å². The number of aryl methyl sites for hydroxylation is 1. The van der Waals surface area contributed by atoms with E-state index in [-0.39, 0.29) is 28.8 Å². The standard InChI is InChI=1S/C28H47NO6S/c1-17(24(33)18(2)25(34)27(6,7)21(30)14-23(31)32)10-9-12-28(8)22(35-28)11-13-26(4,5)15-20-16-36-19(3)29-20/h16-18,21-22,24,30,33H,9-15H2,1-8H3,(H,31,32). The summed E-state index contributed by atoms with van der Waals surface area (Å²) in [5.74, 6) is -2.26. The largest absolute Gasteiger partial charge is 0.481 e. The monoisotopic (exact) mass is 525 g/mol. The molecule has 1 aromatic rings. The van der Waals surface area contributed by atoms with Crippen molar-refractivity contribution >= 4 is 23.1 Å². The zero-order valence-corrected chi connectivity index (χ0v) is 24.2. The van der Waals surface area contributed by atoms with Gasteiger partial charge in [0.1, 0.15) is 5.78 Å². The SMILES string of the molecule is Cc1nc(CC(C)(C)CCC2OC2(C)CCCC(C)C(O)C(C)C(=O)C(C)(C)C(O)CC(=O)O)cs1. The number of aliphatic hydroxyl groups is 2. The van der Waals surface area contributed by atoms with E-state index in [2.05, 4.69) is 31.1 Å². The summed E-state index contributed by atoms with van der Waals surface area (Å²) in [6.07, 6.45) is 3.22. The van der Waals surface area contributed by atoms with Crippen LogP contribution in [0.1, 0.15) is 97.7 Å². The average Bonchev–Trinajstić information content (AvgIpc) is 3.25. The Bertz CT molecular complexity index is 896. The fourth-order valence-corrected chi connectivity index (χ4v) is 5.84. The van der Waals surface area contributed by atoms with Gasteiger partial charge in [0.15, 0.2) is 0 Å². The lowest BCUT2D eigenvalue weighted by Gasteiger charge is -2.34. The lowest BCUT2D eigenvalue weighted by Crippen LogP contribution is -2.45. The smallest absolute Gasteiger partial charge is 0.306 e. The van der Waals surface area contributed by atoms with Crippen LogP contribution in [0, 0.1) is 29.6 Å². The summed E-state index contributed by atoms with van der Waals surface area (Å²) in [5, 5.41) is 33.3. The quantitative estimate of drug-likeness (QED) is 0.254. The molecular formula is C28H47NO6S. The number of ketones is 1. The minimum atomic E-state index is -1.30. The number of aromatic nitrogens is 1. The molecule has 1 aromatic heterocycles. The molecule has 7 nitrogen and oxygen atoms in total. The first-order valence-electron chi connectivity index (χ1n) is 13.2. The van der Waals surface area contributed by atoms with Gasteiger partial charge in [-0.2, -0.15) is 0 Å². The summed E-state index contributed by atoms with van der Waals surface area (Å²) in [6.45, 7) is 15.5. The highest BCUT2D eigenvalue weighted by Gasteiger charge is 2.51. The van der Waals surface area contributed by atoms with E-state index < -0.39 is 35.9 Å². The van der Waals surface area contributed by atoms with E-state index in [9.17, 15) is 19.8 Å². The maximum Gasteiger partial charge on any atom is 0.306 e. The van der Waals surface area contributed by atoms with Crippen LogP contribution in [0.3, 0.4) is 0 Å². The first-order valence-corrected chi connectivity index (χ1v) is 14.1. The van der Waals surface area contributed by atoms with Crippen molar-refractivity contribution in [3.05, 3.63) is 16.1 Å². The molecule has 0 aliphatic carbocycles. The molecule has 6 atom stereocenters. The summed E-state index contributed by atoms with van der Waals surface area (Å²) in [7, 11) is 0. The molecule has 0 aromatic carbocycles. The van der Waals surface area contributed by atoms with Crippen LogP contribution in [0.15, 0.2) is 5.38 Å². The predicted octanol–water partition coefficient (Wildman–Crippen LogP) is 5.19. The third-order valence-corrected chi connectivity index (χ3v) is 8.94. The average molecular weight is 526 g/mol. The number of hydrogen-bond acceptors (Lipinski definition) is 7. The van der Waals surface area contributed by atoms with Crippen LogP contribution < -0.4 is 0 Å². The fourth-order valence-electron chi connectivity index (χ4n) is 5.23. The Hall–Kier alpha value is -1.35. The Morgan fingerprint density at radius 1 is 1.22 bits per heavy atom. The number of carbonyl (C=O) groups excluding carboxylic acids is 1. The number of thiazole rings is 1. The van der Waals surface area contributed by atoms with Gasteiger partial charge in [0.25, 0.3) is 0 Å². The molecule has 0 spiro atoms. The van der Waals surface area contributed by atoms with Crippen molar-refractivity contribution in [2.75, 3.05) is 0 Å². The second-order valence-electron chi connectivity index (χ2n) is 12.5. The summed E-state index contributed by atoms with van der Waals surface area (Å²) in [4.78, 5) is 28.5.